The van der Waals surface area contributed by atoms with Gasteiger partial charge in [0.25, 0.3) is 0 Å². The highest BCUT2D eigenvalue weighted by atomic mass is 79.9. The zero-order valence-corrected chi connectivity index (χ0v) is 11.8. The van der Waals surface area contributed by atoms with E-state index in [4.69, 9.17) is 4.74 Å². The molecule has 2 aromatic rings. The Morgan fingerprint density at radius 2 is 2.33 bits per heavy atom. The van der Waals surface area contributed by atoms with E-state index < -0.39 is 6.10 Å². The minimum absolute atomic E-state index is 0.538. The summed E-state index contributed by atoms with van der Waals surface area (Å²) in [6, 6.07) is 1.78. The van der Waals surface area contributed by atoms with Crippen molar-refractivity contribution >= 4 is 15.9 Å². The maximum Gasteiger partial charge on any atom is 0.140 e. The lowest BCUT2D eigenvalue weighted by molar-refractivity contribution is 0.169. The van der Waals surface area contributed by atoms with E-state index in [1.807, 2.05) is 7.05 Å². The molecule has 0 radical (unpaired) electrons. The molecule has 0 fully saturated rings. The summed E-state index contributed by atoms with van der Waals surface area (Å²) in [5.41, 5.74) is 1.28. The van der Waals surface area contributed by atoms with E-state index in [0.29, 0.717) is 24.5 Å². The van der Waals surface area contributed by atoms with E-state index in [1.165, 1.54) is 0 Å². The minimum Gasteiger partial charge on any atom is -0.383 e. The number of ether oxygens (including phenoxy) is 1. The van der Waals surface area contributed by atoms with Crippen molar-refractivity contribution in [2.75, 3.05) is 13.7 Å². The van der Waals surface area contributed by atoms with E-state index in [2.05, 4.69) is 26.1 Å². The van der Waals surface area contributed by atoms with Crippen molar-refractivity contribution in [1.82, 2.24) is 19.6 Å². The fourth-order valence-corrected chi connectivity index (χ4v) is 2.23. The van der Waals surface area contributed by atoms with Crippen molar-refractivity contribution in [2.45, 2.75) is 12.6 Å². The topological polar surface area (TPSA) is 65.1 Å². The number of halogens is 1. The van der Waals surface area contributed by atoms with Crippen LogP contribution in [0.15, 0.2) is 22.9 Å². The second-order valence-corrected chi connectivity index (χ2v) is 4.76. The number of aryl methyl sites for hydroxylation is 1. The Bertz CT molecular complexity index is 523. The number of aliphatic hydroxyl groups is 1. The molecule has 0 bridgehead atoms. The summed E-state index contributed by atoms with van der Waals surface area (Å²) in [5.74, 6) is 0. The van der Waals surface area contributed by atoms with Gasteiger partial charge in [0.2, 0.25) is 0 Å². The van der Waals surface area contributed by atoms with Crippen molar-refractivity contribution in [2.24, 2.45) is 7.05 Å². The molecule has 2 heterocycles. The molecule has 18 heavy (non-hydrogen) atoms. The van der Waals surface area contributed by atoms with Gasteiger partial charge in [0.15, 0.2) is 0 Å². The summed E-state index contributed by atoms with van der Waals surface area (Å²) in [4.78, 5) is 0. The SMILES string of the molecule is COCCn1ncc(Br)c1C(O)c1ccn(C)n1. The van der Waals surface area contributed by atoms with Gasteiger partial charge in [0.05, 0.1) is 35.2 Å². The molecule has 0 aliphatic heterocycles. The van der Waals surface area contributed by atoms with Gasteiger partial charge in [0.1, 0.15) is 6.10 Å². The van der Waals surface area contributed by atoms with Gasteiger partial charge >= 0.3 is 0 Å². The van der Waals surface area contributed by atoms with Crippen LogP contribution in [0.1, 0.15) is 17.5 Å². The number of methoxy groups -OCH3 is 1. The highest BCUT2D eigenvalue weighted by Crippen LogP contribution is 2.27. The first-order valence-electron chi connectivity index (χ1n) is 5.51. The number of hydrogen-bond acceptors (Lipinski definition) is 4. The van der Waals surface area contributed by atoms with Crippen LogP contribution >= 0.6 is 15.9 Å². The monoisotopic (exact) mass is 314 g/mol. The number of hydrogen-bond donors (Lipinski definition) is 1. The Morgan fingerprint density at radius 1 is 1.56 bits per heavy atom. The third-order valence-corrected chi connectivity index (χ3v) is 3.22. The summed E-state index contributed by atoms with van der Waals surface area (Å²) in [6.45, 7) is 1.12. The Balaban J connectivity index is 2.28. The van der Waals surface area contributed by atoms with Crippen LogP contribution in [0.25, 0.3) is 0 Å². The third kappa shape index (κ3) is 2.63. The lowest BCUT2D eigenvalue weighted by Gasteiger charge is -2.12. The van der Waals surface area contributed by atoms with E-state index >= 15 is 0 Å². The number of aromatic nitrogens is 4. The molecule has 6 nitrogen and oxygen atoms in total. The van der Waals surface area contributed by atoms with Gasteiger partial charge in [-0.1, -0.05) is 0 Å². The van der Waals surface area contributed by atoms with Gasteiger partial charge in [-0.05, 0) is 22.0 Å². The average molecular weight is 315 g/mol. The largest absolute Gasteiger partial charge is 0.383 e. The molecule has 0 aromatic carbocycles. The number of rotatable bonds is 5. The molecule has 0 spiro atoms. The molecule has 2 rings (SSSR count). The summed E-state index contributed by atoms with van der Waals surface area (Å²) in [6.07, 6.45) is 2.65. The van der Waals surface area contributed by atoms with Crippen molar-refractivity contribution in [3.05, 3.63) is 34.3 Å². The Morgan fingerprint density at radius 3 is 2.94 bits per heavy atom. The van der Waals surface area contributed by atoms with Crippen LogP contribution in [0.3, 0.4) is 0 Å². The molecule has 2 aromatic heterocycles. The molecule has 0 amide bonds. The smallest absolute Gasteiger partial charge is 0.140 e. The predicted octanol–water partition coefficient (Wildman–Crippen LogP) is 1.11. The fourth-order valence-electron chi connectivity index (χ4n) is 1.72. The molecular formula is C11H15BrN4O2. The Hall–Kier alpha value is -1.18. The van der Waals surface area contributed by atoms with E-state index in [0.717, 1.165) is 4.47 Å². The van der Waals surface area contributed by atoms with Gasteiger partial charge in [-0.3, -0.25) is 9.36 Å². The molecule has 0 saturated carbocycles. The molecule has 1 unspecified atom stereocenters. The lowest BCUT2D eigenvalue weighted by atomic mass is 10.2. The Kier molecular flexibility index (Phi) is 4.15. The normalized spacial score (nSPS) is 12.9. The quantitative estimate of drug-likeness (QED) is 0.898. The van der Waals surface area contributed by atoms with Crippen molar-refractivity contribution < 1.29 is 9.84 Å². The molecule has 0 saturated heterocycles. The van der Waals surface area contributed by atoms with Crippen molar-refractivity contribution in [3.8, 4) is 0 Å². The zero-order chi connectivity index (χ0) is 13.1. The van der Waals surface area contributed by atoms with Crippen LogP contribution < -0.4 is 0 Å². The average Bonchev–Trinajstić information content (AvgIpc) is 2.92. The lowest BCUT2D eigenvalue weighted by Crippen LogP contribution is -2.14. The predicted molar refractivity (Wildman–Crippen MR) is 69.1 cm³/mol. The summed E-state index contributed by atoms with van der Waals surface area (Å²) in [7, 11) is 3.45. The van der Waals surface area contributed by atoms with Crippen LogP contribution in [-0.2, 0) is 18.3 Å². The van der Waals surface area contributed by atoms with E-state index in [-0.39, 0.29) is 0 Å². The first-order valence-corrected chi connectivity index (χ1v) is 6.30. The van der Waals surface area contributed by atoms with E-state index in [9.17, 15) is 5.11 Å². The number of nitrogens with zero attached hydrogens (tertiary/aromatic N) is 4. The van der Waals surface area contributed by atoms with Gasteiger partial charge in [-0.15, -0.1) is 0 Å². The maximum atomic E-state index is 10.3. The Labute approximate surface area is 113 Å². The van der Waals surface area contributed by atoms with E-state index in [1.54, 1.807) is 34.9 Å². The molecular weight excluding hydrogens is 300 g/mol. The van der Waals surface area contributed by atoms with Crippen LogP contribution in [0.2, 0.25) is 0 Å². The molecule has 0 aliphatic carbocycles. The van der Waals surface area contributed by atoms with Gasteiger partial charge < -0.3 is 9.84 Å². The second kappa shape index (κ2) is 5.64. The molecule has 1 N–H and O–H groups in total. The number of aliphatic hydroxyl groups excluding tert-OH is 1. The maximum absolute atomic E-state index is 10.3. The molecule has 7 heteroatoms. The standard InChI is InChI=1S/C11H15BrN4O2/c1-15-4-3-9(14-15)11(17)10-8(12)7-13-16(10)5-6-18-2/h3-4,7,11,17H,5-6H2,1-2H3. The highest BCUT2D eigenvalue weighted by molar-refractivity contribution is 9.10. The first kappa shape index (κ1) is 13.3. The van der Waals surface area contributed by atoms with Crippen molar-refractivity contribution in [1.29, 1.82) is 0 Å². The first-order chi connectivity index (χ1) is 8.63. The van der Waals surface area contributed by atoms with Crippen LogP contribution in [-0.4, -0.2) is 38.4 Å². The molecule has 0 aliphatic rings. The zero-order valence-electron chi connectivity index (χ0n) is 10.2. The van der Waals surface area contributed by atoms with Gasteiger partial charge in [-0.25, -0.2) is 0 Å². The van der Waals surface area contributed by atoms with Gasteiger partial charge in [-0.2, -0.15) is 10.2 Å². The second-order valence-electron chi connectivity index (χ2n) is 3.91. The summed E-state index contributed by atoms with van der Waals surface area (Å²) in [5, 5.41) is 18.8. The van der Waals surface area contributed by atoms with Crippen LogP contribution in [0.4, 0.5) is 0 Å². The third-order valence-electron chi connectivity index (χ3n) is 2.61. The van der Waals surface area contributed by atoms with Crippen LogP contribution in [0, 0.1) is 0 Å². The van der Waals surface area contributed by atoms with Crippen molar-refractivity contribution in [3.63, 3.8) is 0 Å². The van der Waals surface area contributed by atoms with Crippen LogP contribution in [0.5, 0.6) is 0 Å². The highest BCUT2D eigenvalue weighted by Gasteiger charge is 2.21. The minimum atomic E-state index is -0.806. The molecule has 1 atom stereocenters. The summed E-state index contributed by atoms with van der Waals surface area (Å²) < 4.78 is 9.15. The van der Waals surface area contributed by atoms with Gasteiger partial charge in [0, 0.05) is 20.4 Å². The summed E-state index contributed by atoms with van der Waals surface area (Å²) >= 11 is 3.40. The fraction of sp³-hybridized carbons (Fsp3) is 0.455. The molecule has 98 valence electrons.